The second-order valence-corrected chi connectivity index (χ2v) is 9.27. The van der Waals surface area contributed by atoms with Gasteiger partial charge in [-0.15, -0.1) is 11.3 Å². The van der Waals surface area contributed by atoms with Crippen LogP contribution in [0.25, 0.3) is 43.5 Å². The third-order valence-electron chi connectivity index (χ3n) is 6.08. The van der Waals surface area contributed by atoms with E-state index in [1.54, 1.807) is 14.0 Å². The number of aromatic amines is 2. The lowest BCUT2D eigenvalue weighted by Crippen LogP contribution is -2.28. The lowest BCUT2D eigenvalue weighted by atomic mass is 10.0. The minimum Gasteiger partial charge on any atom is -0.505 e. The molecule has 35 heavy (non-hydrogen) atoms. The van der Waals surface area contributed by atoms with Crippen molar-refractivity contribution >= 4 is 39.1 Å². The summed E-state index contributed by atoms with van der Waals surface area (Å²) >= 11 is 1.17. The number of nitrogens with one attached hydrogen (secondary N) is 2. The van der Waals surface area contributed by atoms with Gasteiger partial charge in [-0.2, -0.15) is 0 Å². The number of esters is 1. The van der Waals surface area contributed by atoms with Gasteiger partial charge in [0.25, 0.3) is 5.56 Å². The number of carbonyl (C=O) groups excluding carboxylic acids is 1. The molecular weight excluding hydrogens is 470 g/mol. The van der Waals surface area contributed by atoms with Gasteiger partial charge in [-0.3, -0.25) is 14.3 Å². The van der Waals surface area contributed by atoms with E-state index in [0.717, 1.165) is 22.1 Å². The van der Waals surface area contributed by atoms with Crippen LogP contribution in [-0.4, -0.2) is 39.8 Å². The molecule has 0 atom stereocenters. The van der Waals surface area contributed by atoms with E-state index >= 15 is 0 Å². The quantitative estimate of drug-likeness (QED) is 0.327. The molecule has 0 saturated carbocycles. The Kier molecular flexibility index (Phi) is 5.25. The van der Waals surface area contributed by atoms with Gasteiger partial charge in [0.15, 0.2) is 0 Å². The van der Waals surface area contributed by atoms with Crippen LogP contribution in [0.15, 0.2) is 46.0 Å². The van der Waals surface area contributed by atoms with Crippen LogP contribution in [0.2, 0.25) is 0 Å². The highest BCUT2D eigenvalue weighted by atomic mass is 32.1. The standard InChI is InChI=1S/C25H21N3O6S/c1-11-16(24(31)34-4)20(29)21(35-11)17-18-22(28(2)25(32)27-23(18)30)26-19(17)14-6-5-13-10-15(33-3)8-7-12(13)9-14/h5-10,26,29H,1-4H3,(H,27,30,32). The van der Waals surface area contributed by atoms with E-state index in [4.69, 9.17) is 9.47 Å². The second kappa shape index (κ2) is 8.17. The van der Waals surface area contributed by atoms with Crippen LogP contribution in [0.1, 0.15) is 15.2 Å². The van der Waals surface area contributed by atoms with Crippen molar-refractivity contribution in [3.05, 3.63) is 67.7 Å². The highest BCUT2D eigenvalue weighted by Gasteiger charge is 2.28. The second-order valence-electron chi connectivity index (χ2n) is 8.05. The van der Waals surface area contributed by atoms with Gasteiger partial charge in [0.2, 0.25) is 0 Å². The van der Waals surface area contributed by atoms with Crippen molar-refractivity contribution in [2.45, 2.75) is 6.92 Å². The molecule has 9 nitrogen and oxygen atoms in total. The summed E-state index contributed by atoms with van der Waals surface area (Å²) in [7, 11) is 4.38. The predicted octanol–water partition coefficient (Wildman–Crippen LogP) is 3.91. The van der Waals surface area contributed by atoms with E-state index in [-0.39, 0.29) is 16.7 Å². The fraction of sp³-hybridized carbons (Fsp3) is 0.160. The maximum atomic E-state index is 13.0. The Morgan fingerprint density at radius 3 is 2.49 bits per heavy atom. The van der Waals surface area contributed by atoms with E-state index in [2.05, 4.69) is 9.97 Å². The molecule has 178 valence electrons. The number of aromatic hydroxyl groups is 1. The average molecular weight is 492 g/mol. The molecule has 0 saturated heterocycles. The van der Waals surface area contributed by atoms with Gasteiger partial charge in [-0.05, 0) is 41.5 Å². The topological polar surface area (TPSA) is 126 Å². The van der Waals surface area contributed by atoms with Crippen molar-refractivity contribution < 1.29 is 19.4 Å². The Bertz CT molecular complexity index is 1770. The fourth-order valence-electron chi connectivity index (χ4n) is 4.30. The summed E-state index contributed by atoms with van der Waals surface area (Å²) in [6.45, 7) is 1.69. The van der Waals surface area contributed by atoms with E-state index < -0.39 is 17.2 Å². The maximum absolute atomic E-state index is 13.0. The number of rotatable bonds is 4. The van der Waals surface area contributed by atoms with E-state index in [1.807, 2.05) is 36.4 Å². The van der Waals surface area contributed by atoms with Crippen LogP contribution in [-0.2, 0) is 11.8 Å². The highest BCUT2D eigenvalue weighted by molar-refractivity contribution is 7.16. The molecule has 0 fully saturated rings. The SMILES string of the molecule is COC(=O)c1c(C)sc(-c2c(-c3ccc4cc(OC)ccc4c3)[nH]c3c2c(=O)[nH]c(=O)n3C)c1O. The number of methoxy groups -OCH3 is 2. The van der Waals surface area contributed by atoms with Crippen molar-refractivity contribution in [1.29, 1.82) is 0 Å². The summed E-state index contributed by atoms with van der Waals surface area (Å²) in [5, 5.41) is 13.1. The number of thiophene rings is 1. The Morgan fingerprint density at radius 1 is 1.06 bits per heavy atom. The number of benzene rings is 2. The number of hydrogen-bond donors (Lipinski definition) is 3. The molecule has 0 radical (unpaired) electrons. The molecule has 5 aromatic rings. The Balaban J connectivity index is 1.87. The predicted molar refractivity (Wildman–Crippen MR) is 135 cm³/mol. The van der Waals surface area contributed by atoms with Crippen LogP contribution in [0.3, 0.4) is 0 Å². The molecule has 3 heterocycles. The van der Waals surface area contributed by atoms with Crippen LogP contribution in [0.5, 0.6) is 11.5 Å². The Labute approximate surface area is 202 Å². The summed E-state index contributed by atoms with van der Waals surface area (Å²) in [4.78, 5) is 44.0. The number of carbonyl (C=O) groups is 1. The first kappa shape index (κ1) is 22.5. The van der Waals surface area contributed by atoms with E-state index in [1.165, 1.54) is 30.1 Å². The lowest BCUT2D eigenvalue weighted by Gasteiger charge is -2.07. The minimum absolute atomic E-state index is 0.0413. The normalized spacial score (nSPS) is 11.3. The van der Waals surface area contributed by atoms with Crippen LogP contribution in [0.4, 0.5) is 0 Å². The van der Waals surface area contributed by atoms with Gasteiger partial charge in [0.05, 0.1) is 30.2 Å². The van der Waals surface area contributed by atoms with Gasteiger partial charge >= 0.3 is 11.7 Å². The Morgan fingerprint density at radius 2 is 1.77 bits per heavy atom. The summed E-state index contributed by atoms with van der Waals surface area (Å²) in [6, 6.07) is 11.4. The molecule has 0 aliphatic rings. The van der Waals surface area contributed by atoms with Crippen LogP contribution >= 0.6 is 11.3 Å². The minimum atomic E-state index is -0.676. The zero-order chi connectivity index (χ0) is 25.0. The van der Waals surface area contributed by atoms with Gasteiger partial charge in [0, 0.05) is 17.5 Å². The first-order valence-electron chi connectivity index (χ1n) is 10.6. The van der Waals surface area contributed by atoms with Gasteiger partial charge < -0.3 is 19.6 Å². The molecule has 0 amide bonds. The fourth-order valence-corrected chi connectivity index (χ4v) is 5.39. The summed E-state index contributed by atoms with van der Waals surface area (Å²) in [5.74, 6) is -0.225. The number of H-pyrrole nitrogens is 2. The largest absolute Gasteiger partial charge is 0.505 e. The van der Waals surface area contributed by atoms with Crippen molar-refractivity contribution in [3.63, 3.8) is 0 Å². The van der Waals surface area contributed by atoms with Gasteiger partial charge in [-0.1, -0.05) is 18.2 Å². The molecule has 10 heteroatoms. The number of fused-ring (bicyclic) bond motifs is 2. The molecular formula is C25H21N3O6S. The molecule has 0 bridgehead atoms. The molecule has 0 spiro atoms. The lowest BCUT2D eigenvalue weighted by molar-refractivity contribution is 0.0597. The summed E-state index contributed by atoms with van der Waals surface area (Å²) in [5.41, 5.74) is 0.808. The molecule has 0 unspecified atom stereocenters. The molecule has 3 N–H and O–H groups in total. The first-order valence-corrected chi connectivity index (χ1v) is 11.4. The smallest absolute Gasteiger partial charge is 0.342 e. The Hall–Kier alpha value is -4.31. The monoisotopic (exact) mass is 491 g/mol. The van der Waals surface area contributed by atoms with Gasteiger partial charge in [-0.25, -0.2) is 9.59 Å². The number of ether oxygens (including phenoxy) is 2. The molecule has 3 aromatic heterocycles. The van der Waals surface area contributed by atoms with Crippen molar-refractivity contribution in [3.8, 4) is 33.2 Å². The van der Waals surface area contributed by atoms with E-state index in [9.17, 15) is 19.5 Å². The maximum Gasteiger partial charge on any atom is 0.342 e. The van der Waals surface area contributed by atoms with Gasteiger partial charge in [0.1, 0.15) is 22.7 Å². The molecule has 5 rings (SSSR count). The highest BCUT2D eigenvalue weighted by Crippen LogP contribution is 2.47. The zero-order valence-electron chi connectivity index (χ0n) is 19.3. The number of nitrogens with zero attached hydrogens (tertiary/aromatic N) is 1. The average Bonchev–Trinajstić information content (AvgIpc) is 3.39. The van der Waals surface area contributed by atoms with Crippen molar-refractivity contribution in [2.75, 3.05) is 14.2 Å². The van der Waals surface area contributed by atoms with E-state index in [0.29, 0.717) is 26.7 Å². The summed E-state index contributed by atoms with van der Waals surface area (Å²) < 4.78 is 11.4. The molecule has 0 aliphatic carbocycles. The third kappa shape index (κ3) is 3.41. The zero-order valence-corrected chi connectivity index (χ0v) is 20.1. The first-order chi connectivity index (χ1) is 16.7. The van der Waals surface area contributed by atoms with Crippen LogP contribution in [0, 0.1) is 6.92 Å². The van der Waals surface area contributed by atoms with Crippen molar-refractivity contribution in [2.24, 2.45) is 7.05 Å². The van der Waals surface area contributed by atoms with Crippen molar-refractivity contribution in [1.82, 2.24) is 14.5 Å². The number of aromatic nitrogens is 3. The summed E-state index contributed by atoms with van der Waals surface area (Å²) in [6.07, 6.45) is 0. The third-order valence-corrected chi connectivity index (χ3v) is 7.19. The molecule has 2 aromatic carbocycles. The molecule has 0 aliphatic heterocycles. The number of aryl methyl sites for hydroxylation is 2. The van der Waals surface area contributed by atoms with Crippen LogP contribution < -0.4 is 16.0 Å². The number of hydrogen-bond acceptors (Lipinski definition) is 7.